The number of rotatable bonds is 6. The zero-order chi connectivity index (χ0) is 12.9. The number of carboxylic acids is 1. The predicted octanol–water partition coefficient (Wildman–Crippen LogP) is 0.286. The van der Waals surface area contributed by atoms with Crippen molar-refractivity contribution < 1.29 is 18.3 Å². The molecule has 1 aromatic rings. The molecule has 94 valence electrons. The summed E-state index contributed by atoms with van der Waals surface area (Å²) in [5.74, 6) is -0.976. The second-order valence-electron chi connectivity index (χ2n) is 3.47. The number of nitrogens with zero attached hydrogens (tertiary/aromatic N) is 1. The minimum absolute atomic E-state index is 0.0986. The lowest BCUT2D eigenvalue weighted by atomic mass is 10.4. The molecular formula is C10H14N2O4S. The average Bonchev–Trinajstić information content (AvgIpc) is 2.27. The van der Waals surface area contributed by atoms with Crippen LogP contribution in [0.15, 0.2) is 35.2 Å². The predicted molar refractivity (Wildman–Crippen MR) is 61.6 cm³/mol. The molecule has 0 amide bonds. The van der Waals surface area contributed by atoms with Crippen LogP contribution in [0.25, 0.3) is 0 Å². The summed E-state index contributed by atoms with van der Waals surface area (Å²) in [4.78, 5) is 12.7. The Morgan fingerprint density at radius 3 is 2.47 bits per heavy atom. The summed E-state index contributed by atoms with van der Waals surface area (Å²) in [7, 11) is -2.15. The third-order valence-electron chi connectivity index (χ3n) is 1.99. The Morgan fingerprint density at radius 1 is 1.35 bits per heavy atom. The Kier molecular flexibility index (Phi) is 4.62. The minimum Gasteiger partial charge on any atom is -0.481 e. The van der Waals surface area contributed by atoms with E-state index < -0.39 is 16.0 Å². The van der Waals surface area contributed by atoms with Gasteiger partial charge in [0.25, 0.3) is 10.0 Å². The van der Waals surface area contributed by atoms with E-state index in [4.69, 9.17) is 5.11 Å². The molecule has 0 heterocycles. The summed E-state index contributed by atoms with van der Waals surface area (Å²) in [5.41, 5.74) is 0. The van der Waals surface area contributed by atoms with E-state index in [1.165, 1.54) is 24.2 Å². The van der Waals surface area contributed by atoms with E-state index in [0.29, 0.717) is 0 Å². The Labute approximate surface area is 99.9 Å². The van der Waals surface area contributed by atoms with Crippen LogP contribution in [0.1, 0.15) is 6.42 Å². The van der Waals surface area contributed by atoms with E-state index in [9.17, 15) is 13.2 Å². The van der Waals surface area contributed by atoms with Crippen LogP contribution in [-0.2, 0) is 14.8 Å². The average molecular weight is 258 g/mol. The highest BCUT2D eigenvalue weighted by Gasteiger charge is 2.15. The van der Waals surface area contributed by atoms with Gasteiger partial charge >= 0.3 is 5.97 Å². The second kappa shape index (κ2) is 5.76. The van der Waals surface area contributed by atoms with Gasteiger partial charge < -0.3 is 5.11 Å². The summed E-state index contributed by atoms with van der Waals surface area (Å²) < 4.78 is 23.6. The number of hydrogen-bond donors (Lipinski definition) is 2. The number of benzene rings is 1. The highest BCUT2D eigenvalue weighted by Crippen LogP contribution is 2.07. The van der Waals surface area contributed by atoms with E-state index in [0.717, 1.165) is 0 Å². The van der Waals surface area contributed by atoms with Crippen LogP contribution in [-0.4, -0.2) is 38.1 Å². The van der Waals surface area contributed by atoms with Crippen molar-refractivity contribution >= 4 is 16.0 Å². The zero-order valence-electron chi connectivity index (χ0n) is 9.33. The van der Waals surface area contributed by atoms with Crippen LogP contribution in [0.3, 0.4) is 0 Å². The number of hydrogen-bond acceptors (Lipinski definition) is 4. The van der Waals surface area contributed by atoms with Crippen LogP contribution in [0.5, 0.6) is 0 Å². The molecule has 17 heavy (non-hydrogen) atoms. The van der Waals surface area contributed by atoms with Crippen molar-refractivity contribution in [1.82, 2.24) is 9.84 Å². The molecule has 0 unspecified atom stereocenters. The molecule has 0 aliphatic rings. The van der Waals surface area contributed by atoms with Crippen LogP contribution in [0, 0.1) is 0 Å². The van der Waals surface area contributed by atoms with Gasteiger partial charge in [0.1, 0.15) is 0 Å². The summed E-state index contributed by atoms with van der Waals surface area (Å²) in [6, 6.07) is 7.88. The second-order valence-corrected chi connectivity index (χ2v) is 5.13. The Bertz CT molecular complexity index is 472. The largest absolute Gasteiger partial charge is 0.481 e. The van der Waals surface area contributed by atoms with E-state index in [2.05, 4.69) is 4.83 Å². The van der Waals surface area contributed by atoms with Gasteiger partial charge in [-0.25, -0.2) is 13.4 Å². The maximum atomic E-state index is 11.8. The van der Waals surface area contributed by atoms with Gasteiger partial charge in [0.05, 0.1) is 11.3 Å². The summed E-state index contributed by atoms with van der Waals surface area (Å²) in [5, 5.41) is 9.71. The highest BCUT2D eigenvalue weighted by molar-refractivity contribution is 7.89. The van der Waals surface area contributed by atoms with Crippen molar-refractivity contribution in [2.24, 2.45) is 0 Å². The molecular weight excluding hydrogens is 244 g/mol. The number of hydrazine groups is 1. The Morgan fingerprint density at radius 2 is 1.94 bits per heavy atom. The summed E-state index contributed by atoms with van der Waals surface area (Å²) >= 11 is 0. The molecule has 0 spiro atoms. The van der Waals surface area contributed by atoms with Crippen LogP contribution < -0.4 is 4.83 Å². The lowest BCUT2D eigenvalue weighted by Gasteiger charge is -2.16. The topological polar surface area (TPSA) is 86.7 Å². The number of carbonyl (C=O) groups is 1. The number of nitrogens with one attached hydrogen (secondary N) is 1. The van der Waals surface area contributed by atoms with Crippen molar-refractivity contribution in [3.63, 3.8) is 0 Å². The number of carboxylic acid groups (broad SMARTS) is 1. The lowest BCUT2D eigenvalue weighted by Crippen LogP contribution is -2.40. The highest BCUT2D eigenvalue weighted by atomic mass is 32.2. The van der Waals surface area contributed by atoms with Crippen molar-refractivity contribution in [2.45, 2.75) is 11.3 Å². The van der Waals surface area contributed by atoms with Gasteiger partial charge in [-0.2, -0.15) is 0 Å². The molecule has 0 saturated heterocycles. The summed E-state index contributed by atoms with van der Waals surface area (Å²) in [6.45, 7) is 0.0986. The molecule has 0 radical (unpaired) electrons. The Balaban J connectivity index is 2.64. The smallest absolute Gasteiger partial charge is 0.304 e. The lowest BCUT2D eigenvalue weighted by molar-refractivity contribution is -0.137. The van der Waals surface area contributed by atoms with Crippen molar-refractivity contribution in [1.29, 1.82) is 0 Å². The van der Waals surface area contributed by atoms with Gasteiger partial charge in [0.15, 0.2) is 0 Å². The fraction of sp³-hybridized carbons (Fsp3) is 0.300. The molecule has 7 heteroatoms. The van der Waals surface area contributed by atoms with E-state index >= 15 is 0 Å². The fourth-order valence-electron chi connectivity index (χ4n) is 1.17. The molecule has 2 N–H and O–H groups in total. The van der Waals surface area contributed by atoms with Crippen molar-refractivity contribution in [3.8, 4) is 0 Å². The van der Waals surface area contributed by atoms with E-state index in [-0.39, 0.29) is 17.9 Å². The maximum Gasteiger partial charge on any atom is 0.304 e. The van der Waals surface area contributed by atoms with E-state index in [1.807, 2.05) is 0 Å². The Hall–Kier alpha value is -1.44. The summed E-state index contributed by atoms with van der Waals surface area (Å²) in [6.07, 6.45) is -0.131. The van der Waals surface area contributed by atoms with Crippen molar-refractivity contribution in [3.05, 3.63) is 30.3 Å². The van der Waals surface area contributed by atoms with Gasteiger partial charge in [0.2, 0.25) is 0 Å². The van der Waals surface area contributed by atoms with Crippen LogP contribution in [0.2, 0.25) is 0 Å². The molecule has 0 aliphatic heterocycles. The first-order chi connectivity index (χ1) is 7.92. The van der Waals surface area contributed by atoms with Gasteiger partial charge in [-0.3, -0.25) is 4.79 Å². The first-order valence-corrected chi connectivity index (χ1v) is 6.40. The standard InChI is InChI=1S/C10H14N2O4S/c1-12(8-7-10(13)14)11-17(15,16)9-5-3-2-4-6-9/h2-6,11H,7-8H2,1H3,(H,13,14). The molecule has 1 aromatic carbocycles. The van der Waals surface area contributed by atoms with Crippen LogP contribution in [0.4, 0.5) is 0 Å². The normalized spacial score (nSPS) is 11.6. The quantitative estimate of drug-likeness (QED) is 0.716. The molecule has 1 rings (SSSR count). The minimum atomic E-state index is -3.62. The SMILES string of the molecule is CN(CCC(=O)O)NS(=O)(=O)c1ccccc1. The van der Waals surface area contributed by atoms with Crippen molar-refractivity contribution in [2.75, 3.05) is 13.6 Å². The third kappa shape index (κ3) is 4.51. The maximum absolute atomic E-state index is 11.8. The first kappa shape index (κ1) is 13.6. The molecule has 0 bridgehead atoms. The molecule has 6 nitrogen and oxygen atoms in total. The van der Waals surface area contributed by atoms with Gasteiger partial charge in [-0.15, -0.1) is 4.83 Å². The number of aliphatic carboxylic acids is 1. The molecule has 0 fully saturated rings. The molecule has 0 atom stereocenters. The molecule has 0 aromatic heterocycles. The monoisotopic (exact) mass is 258 g/mol. The third-order valence-corrected chi connectivity index (χ3v) is 3.44. The zero-order valence-corrected chi connectivity index (χ0v) is 10.1. The van der Waals surface area contributed by atoms with Gasteiger partial charge in [-0.05, 0) is 12.1 Å². The fourth-order valence-corrected chi connectivity index (χ4v) is 2.29. The van der Waals surface area contributed by atoms with E-state index in [1.54, 1.807) is 18.2 Å². The first-order valence-electron chi connectivity index (χ1n) is 4.92. The molecule has 0 aliphatic carbocycles. The van der Waals surface area contributed by atoms with Gasteiger partial charge in [-0.1, -0.05) is 18.2 Å². The van der Waals surface area contributed by atoms with Gasteiger partial charge in [0, 0.05) is 13.6 Å². The number of sulfonamides is 1. The molecule has 0 saturated carbocycles. The van der Waals surface area contributed by atoms with Crippen LogP contribution >= 0.6 is 0 Å².